The molecule has 41 heavy (non-hydrogen) atoms. The van der Waals surface area contributed by atoms with Crippen LogP contribution in [0.5, 0.6) is 0 Å². The molecule has 4 bridgehead atoms. The SMILES string of the molecule is Cc1ccc([C@@H](C)N2CCCc3cccc(c3)CC(C)(N)C(=O)OCc3cc(cc(N(C)S(C)(=O)=O)c3)C2=O)cc1. The molecular formula is C32H39N3O5S. The van der Waals surface area contributed by atoms with Crippen molar-refractivity contribution in [2.45, 2.75) is 58.2 Å². The van der Waals surface area contributed by atoms with Crippen LogP contribution in [0, 0.1) is 6.92 Å². The fourth-order valence-corrected chi connectivity index (χ4v) is 5.56. The normalized spacial score (nSPS) is 19.4. The number of cyclic esters (lactones) is 1. The van der Waals surface area contributed by atoms with Crippen LogP contribution in [0.25, 0.3) is 0 Å². The van der Waals surface area contributed by atoms with Gasteiger partial charge in [-0.25, -0.2) is 8.42 Å². The number of ether oxygens (including phenoxy) is 1. The highest BCUT2D eigenvalue weighted by Crippen LogP contribution is 2.28. The van der Waals surface area contributed by atoms with Crippen LogP contribution in [0.15, 0.2) is 66.7 Å². The van der Waals surface area contributed by atoms with Gasteiger partial charge in [-0.05, 0) is 74.1 Å². The minimum absolute atomic E-state index is 0.162. The lowest BCUT2D eigenvalue weighted by Crippen LogP contribution is -2.48. The van der Waals surface area contributed by atoms with Gasteiger partial charge in [0.15, 0.2) is 0 Å². The van der Waals surface area contributed by atoms with Gasteiger partial charge in [0.05, 0.1) is 18.0 Å². The summed E-state index contributed by atoms with van der Waals surface area (Å²) in [7, 11) is -2.19. The molecule has 3 aromatic carbocycles. The van der Waals surface area contributed by atoms with Gasteiger partial charge in [0.1, 0.15) is 12.1 Å². The Kier molecular flexibility index (Phi) is 8.89. The van der Waals surface area contributed by atoms with Gasteiger partial charge in [-0.1, -0.05) is 54.1 Å². The van der Waals surface area contributed by atoms with Crippen molar-refractivity contribution in [3.8, 4) is 0 Å². The predicted molar refractivity (Wildman–Crippen MR) is 161 cm³/mol. The number of amides is 1. The molecule has 9 heteroatoms. The molecule has 0 radical (unpaired) electrons. The molecule has 1 unspecified atom stereocenters. The number of hydrogen-bond acceptors (Lipinski definition) is 6. The highest BCUT2D eigenvalue weighted by molar-refractivity contribution is 7.92. The molecule has 0 aliphatic carbocycles. The van der Waals surface area contributed by atoms with Crippen LogP contribution in [0.2, 0.25) is 0 Å². The molecular weight excluding hydrogens is 538 g/mol. The van der Waals surface area contributed by atoms with Crippen LogP contribution in [-0.2, 0) is 39.0 Å². The number of nitrogens with two attached hydrogens (primary N) is 1. The quantitative estimate of drug-likeness (QED) is 0.456. The smallest absolute Gasteiger partial charge is 0.326 e. The molecule has 0 saturated carbocycles. The largest absolute Gasteiger partial charge is 0.459 e. The van der Waals surface area contributed by atoms with E-state index in [1.54, 1.807) is 25.1 Å². The van der Waals surface area contributed by atoms with E-state index in [9.17, 15) is 18.0 Å². The summed E-state index contributed by atoms with van der Waals surface area (Å²) in [6.07, 6.45) is 2.84. The Labute approximate surface area is 243 Å². The molecule has 1 aliphatic heterocycles. The molecule has 2 atom stereocenters. The zero-order valence-electron chi connectivity index (χ0n) is 24.4. The van der Waals surface area contributed by atoms with E-state index in [0.717, 1.165) is 39.2 Å². The van der Waals surface area contributed by atoms with Crippen LogP contribution in [0.4, 0.5) is 5.69 Å². The number of esters is 1. The van der Waals surface area contributed by atoms with E-state index in [0.29, 0.717) is 36.2 Å². The third-order valence-electron chi connectivity index (χ3n) is 7.64. The second-order valence-electron chi connectivity index (χ2n) is 11.3. The standard InChI is InChI=1S/C32H39N3O5S/c1-22-11-13-27(14-12-22)23(2)35-15-7-10-24-8-6-9-25(16-24)20-32(3,33)31(37)40-21-26-17-28(30(35)36)19-29(18-26)34(4)41(5,38)39/h6,8-9,11-14,16-19,23H,7,10,15,20-21,33H2,1-5H3/t23-,32?/m1/s1. The van der Waals surface area contributed by atoms with Crippen molar-refractivity contribution >= 4 is 27.6 Å². The first kappa shape index (κ1) is 30.3. The monoisotopic (exact) mass is 577 g/mol. The Hall–Kier alpha value is -3.69. The summed E-state index contributed by atoms with van der Waals surface area (Å²) in [5.74, 6) is -0.821. The van der Waals surface area contributed by atoms with Crippen molar-refractivity contribution in [3.63, 3.8) is 0 Å². The van der Waals surface area contributed by atoms with Crippen molar-refractivity contribution in [2.24, 2.45) is 5.73 Å². The zero-order chi connectivity index (χ0) is 29.9. The number of rotatable bonds is 4. The maximum atomic E-state index is 14.2. The van der Waals surface area contributed by atoms with Crippen molar-refractivity contribution in [3.05, 3.63) is 100 Å². The van der Waals surface area contributed by atoms with E-state index < -0.39 is 21.5 Å². The van der Waals surface area contributed by atoms with Crippen LogP contribution >= 0.6 is 0 Å². The van der Waals surface area contributed by atoms with Crippen LogP contribution in [0.3, 0.4) is 0 Å². The maximum absolute atomic E-state index is 14.2. The van der Waals surface area contributed by atoms with Gasteiger partial charge in [0, 0.05) is 25.6 Å². The number of fused-ring (bicyclic) bond motifs is 4. The molecule has 0 aromatic heterocycles. The lowest BCUT2D eigenvalue weighted by molar-refractivity contribution is -0.150. The van der Waals surface area contributed by atoms with Gasteiger partial charge in [-0.2, -0.15) is 0 Å². The third kappa shape index (κ3) is 7.34. The summed E-state index contributed by atoms with van der Waals surface area (Å²) < 4.78 is 31.5. The van der Waals surface area contributed by atoms with Crippen LogP contribution in [0.1, 0.15) is 64.5 Å². The van der Waals surface area contributed by atoms with Crippen molar-refractivity contribution in [1.29, 1.82) is 0 Å². The van der Waals surface area contributed by atoms with Gasteiger partial charge >= 0.3 is 5.97 Å². The highest BCUT2D eigenvalue weighted by Gasteiger charge is 2.31. The lowest BCUT2D eigenvalue weighted by Gasteiger charge is -2.31. The van der Waals surface area contributed by atoms with E-state index in [-0.39, 0.29) is 18.6 Å². The second kappa shape index (κ2) is 12.0. The van der Waals surface area contributed by atoms with E-state index in [1.165, 1.54) is 7.05 Å². The first-order valence-electron chi connectivity index (χ1n) is 13.7. The van der Waals surface area contributed by atoms with Gasteiger partial charge in [-0.3, -0.25) is 13.9 Å². The Morgan fingerprint density at radius 2 is 1.68 bits per heavy atom. The van der Waals surface area contributed by atoms with E-state index in [2.05, 4.69) is 6.07 Å². The average molecular weight is 578 g/mol. The van der Waals surface area contributed by atoms with E-state index >= 15 is 0 Å². The molecule has 1 amide bonds. The predicted octanol–water partition coefficient (Wildman–Crippen LogP) is 4.54. The summed E-state index contributed by atoms with van der Waals surface area (Å²) in [5, 5.41) is 0. The van der Waals surface area contributed by atoms with E-state index in [1.807, 2.05) is 61.2 Å². The summed E-state index contributed by atoms with van der Waals surface area (Å²) in [4.78, 5) is 29.1. The first-order chi connectivity index (χ1) is 19.2. The molecule has 2 N–H and O–H groups in total. The molecule has 0 spiro atoms. The number of carbonyl (C=O) groups excluding carboxylic acids is 2. The van der Waals surface area contributed by atoms with Crippen molar-refractivity contribution < 1.29 is 22.7 Å². The molecule has 0 fully saturated rings. The van der Waals surface area contributed by atoms with Gasteiger partial charge in [0.25, 0.3) is 5.91 Å². The summed E-state index contributed by atoms with van der Waals surface area (Å²) in [6, 6.07) is 20.7. The number of carbonyl (C=O) groups is 2. The zero-order valence-corrected chi connectivity index (χ0v) is 25.2. The van der Waals surface area contributed by atoms with Gasteiger partial charge < -0.3 is 15.4 Å². The molecule has 3 aromatic rings. The summed E-state index contributed by atoms with van der Waals surface area (Å²) >= 11 is 0. The maximum Gasteiger partial charge on any atom is 0.326 e. The number of benzene rings is 3. The van der Waals surface area contributed by atoms with Gasteiger partial charge in [-0.15, -0.1) is 0 Å². The molecule has 8 nitrogen and oxygen atoms in total. The molecule has 218 valence electrons. The molecule has 4 rings (SSSR count). The lowest BCUT2D eigenvalue weighted by atomic mass is 9.92. The molecule has 1 heterocycles. The molecule has 0 saturated heterocycles. The fourth-order valence-electron chi connectivity index (χ4n) is 5.07. The van der Waals surface area contributed by atoms with Crippen LogP contribution < -0.4 is 10.0 Å². The minimum Gasteiger partial charge on any atom is -0.459 e. The average Bonchev–Trinajstić information content (AvgIpc) is 2.92. The topological polar surface area (TPSA) is 110 Å². The number of nitrogens with zero attached hydrogens (tertiary/aromatic N) is 2. The fraction of sp³-hybridized carbons (Fsp3) is 0.375. The summed E-state index contributed by atoms with van der Waals surface area (Å²) in [5.41, 5.74) is 10.4. The number of anilines is 1. The Balaban J connectivity index is 1.80. The number of hydrogen-bond donors (Lipinski definition) is 1. The highest BCUT2D eigenvalue weighted by atomic mass is 32.2. The first-order valence-corrected chi connectivity index (χ1v) is 15.6. The Bertz CT molecular complexity index is 1530. The summed E-state index contributed by atoms with van der Waals surface area (Å²) in [6.45, 7) is 5.98. The Morgan fingerprint density at radius 1 is 1.00 bits per heavy atom. The van der Waals surface area contributed by atoms with Crippen LogP contribution in [-0.4, -0.2) is 50.6 Å². The number of aryl methyl sites for hydroxylation is 2. The van der Waals surface area contributed by atoms with Gasteiger partial charge in [0.2, 0.25) is 10.0 Å². The van der Waals surface area contributed by atoms with Crippen molar-refractivity contribution in [2.75, 3.05) is 24.2 Å². The Morgan fingerprint density at radius 3 is 2.37 bits per heavy atom. The second-order valence-corrected chi connectivity index (χ2v) is 13.3. The minimum atomic E-state index is -3.61. The number of sulfonamides is 1. The van der Waals surface area contributed by atoms with Crippen molar-refractivity contribution in [1.82, 2.24) is 4.90 Å². The third-order valence-corrected chi connectivity index (χ3v) is 8.84. The molecule has 1 aliphatic rings. The van der Waals surface area contributed by atoms with E-state index in [4.69, 9.17) is 10.5 Å².